The van der Waals surface area contributed by atoms with Crippen molar-refractivity contribution in [2.45, 2.75) is 18.5 Å². The van der Waals surface area contributed by atoms with Gasteiger partial charge in [-0.3, -0.25) is 9.78 Å². The third kappa shape index (κ3) is 6.23. The fourth-order valence-corrected chi connectivity index (χ4v) is 3.12. The zero-order chi connectivity index (χ0) is 26.9. The van der Waals surface area contributed by atoms with Gasteiger partial charge >= 0.3 is 18.5 Å². The molecule has 0 bridgehead atoms. The monoisotopic (exact) mass is 523 g/mol. The standard InChI is InChI=1S/C22H14F9N3O2/c1-34(19(35)12-7-13(21(26,27)28)9-14(8-12)22(29,30)31)17-10-32-6-4-15(17)16-3-2-5-33-18(16)36-11-20(23,24)25/h2-10H,11H2,1H3. The van der Waals surface area contributed by atoms with Gasteiger partial charge in [-0.15, -0.1) is 0 Å². The van der Waals surface area contributed by atoms with Crippen LogP contribution in [-0.2, 0) is 12.4 Å². The molecule has 0 saturated heterocycles. The summed E-state index contributed by atoms with van der Waals surface area (Å²) in [5, 5.41) is 0. The molecule has 0 aliphatic carbocycles. The number of nitrogens with zero attached hydrogens (tertiary/aromatic N) is 3. The van der Waals surface area contributed by atoms with Gasteiger partial charge in [-0.2, -0.15) is 39.5 Å². The topological polar surface area (TPSA) is 55.3 Å². The largest absolute Gasteiger partial charge is 0.468 e. The highest BCUT2D eigenvalue weighted by Gasteiger charge is 2.38. The van der Waals surface area contributed by atoms with Crippen molar-refractivity contribution in [1.82, 2.24) is 9.97 Å². The lowest BCUT2D eigenvalue weighted by Gasteiger charge is -2.22. The van der Waals surface area contributed by atoms with E-state index in [4.69, 9.17) is 4.74 Å². The van der Waals surface area contributed by atoms with Crippen molar-refractivity contribution in [3.05, 3.63) is 71.7 Å². The number of pyridine rings is 2. The molecule has 2 aromatic heterocycles. The number of carbonyl (C=O) groups excluding carboxylic acids is 1. The number of rotatable bonds is 5. The Kier molecular flexibility index (Phi) is 7.18. The lowest BCUT2D eigenvalue weighted by Crippen LogP contribution is -2.28. The van der Waals surface area contributed by atoms with E-state index in [0.29, 0.717) is 0 Å². The number of hydrogen-bond donors (Lipinski definition) is 0. The maximum atomic E-state index is 13.2. The summed E-state index contributed by atoms with van der Waals surface area (Å²) in [6.07, 6.45) is -11.6. The quantitative estimate of drug-likeness (QED) is 0.364. The number of amides is 1. The van der Waals surface area contributed by atoms with E-state index in [2.05, 4.69) is 9.97 Å². The third-order valence-electron chi connectivity index (χ3n) is 4.73. The molecule has 0 aliphatic heterocycles. The summed E-state index contributed by atoms with van der Waals surface area (Å²) < 4.78 is 122. The highest BCUT2D eigenvalue weighted by atomic mass is 19.4. The molecule has 3 rings (SSSR count). The molecule has 5 nitrogen and oxygen atoms in total. The fourth-order valence-electron chi connectivity index (χ4n) is 3.12. The summed E-state index contributed by atoms with van der Waals surface area (Å²) in [5.41, 5.74) is -4.42. The van der Waals surface area contributed by atoms with Gasteiger partial charge in [0.05, 0.1) is 23.0 Å². The van der Waals surface area contributed by atoms with Crippen LogP contribution in [0.1, 0.15) is 21.5 Å². The number of halogens is 9. The Balaban J connectivity index is 2.07. The molecule has 1 amide bonds. The number of carbonyl (C=O) groups is 1. The van der Waals surface area contributed by atoms with Gasteiger partial charge in [-0.05, 0) is 36.4 Å². The van der Waals surface area contributed by atoms with Crippen LogP contribution in [0.3, 0.4) is 0 Å². The molecule has 1 aromatic carbocycles. The molecule has 3 aromatic rings. The highest BCUT2D eigenvalue weighted by molar-refractivity contribution is 6.08. The fraction of sp³-hybridized carbons (Fsp3) is 0.227. The van der Waals surface area contributed by atoms with Crippen molar-refractivity contribution in [3.63, 3.8) is 0 Å². The summed E-state index contributed by atoms with van der Waals surface area (Å²) in [4.78, 5) is 21.3. The summed E-state index contributed by atoms with van der Waals surface area (Å²) in [7, 11) is 1.06. The van der Waals surface area contributed by atoms with Crippen molar-refractivity contribution in [1.29, 1.82) is 0 Å². The Bertz CT molecular complexity index is 1220. The Labute approximate surface area is 197 Å². The van der Waals surface area contributed by atoms with Crippen molar-refractivity contribution in [2.24, 2.45) is 0 Å². The van der Waals surface area contributed by atoms with Gasteiger partial charge in [0.1, 0.15) is 0 Å². The van der Waals surface area contributed by atoms with E-state index in [0.717, 1.165) is 24.3 Å². The van der Waals surface area contributed by atoms with Crippen molar-refractivity contribution < 1.29 is 49.0 Å². The molecule has 0 aliphatic rings. The minimum atomic E-state index is -5.17. The van der Waals surface area contributed by atoms with Crippen LogP contribution in [0.5, 0.6) is 5.88 Å². The molecular weight excluding hydrogens is 509 g/mol. The molecule has 0 N–H and O–H groups in total. The van der Waals surface area contributed by atoms with Crippen LogP contribution in [0.4, 0.5) is 45.2 Å². The molecule has 192 valence electrons. The highest BCUT2D eigenvalue weighted by Crippen LogP contribution is 2.38. The number of benzene rings is 1. The number of anilines is 1. The van der Waals surface area contributed by atoms with E-state index in [1.165, 1.54) is 24.4 Å². The van der Waals surface area contributed by atoms with Crippen LogP contribution in [0.25, 0.3) is 11.1 Å². The second-order valence-electron chi connectivity index (χ2n) is 7.31. The van der Waals surface area contributed by atoms with E-state index < -0.39 is 53.6 Å². The predicted molar refractivity (Wildman–Crippen MR) is 108 cm³/mol. The maximum Gasteiger partial charge on any atom is 0.422 e. The average Bonchev–Trinajstić information content (AvgIpc) is 2.80. The van der Waals surface area contributed by atoms with Gasteiger partial charge in [0, 0.05) is 36.1 Å². The first-order chi connectivity index (χ1) is 16.6. The first-order valence-electron chi connectivity index (χ1n) is 9.74. The van der Waals surface area contributed by atoms with Gasteiger partial charge in [-0.25, -0.2) is 4.98 Å². The van der Waals surface area contributed by atoms with Crippen molar-refractivity contribution in [3.8, 4) is 17.0 Å². The second kappa shape index (κ2) is 9.66. The first-order valence-corrected chi connectivity index (χ1v) is 9.74. The van der Waals surface area contributed by atoms with Gasteiger partial charge in [-0.1, -0.05) is 0 Å². The van der Waals surface area contributed by atoms with Crippen LogP contribution >= 0.6 is 0 Å². The number of alkyl halides is 9. The predicted octanol–water partition coefficient (Wildman–Crippen LogP) is 6.40. The van der Waals surface area contributed by atoms with E-state index in [9.17, 15) is 44.3 Å². The second-order valence-corrected chi connectivity index (χ2v) is 7.31. The Hall–Kier alpha value is -3.84. The summed E-state index contributed by atoms with van der Waals surface area (Å²) in [5.74, 6) is -1.73. The van der Waals surface area contributed by atoms with Crippen molar-refractivity contribution >= 4 is 11.6 Å². The number of hydrogen-bond acceptors (Lipinski definition) is 4. The Morgan fingerprint density at radius 1 is 0.889 bits per heavy atom. The zero-order valence-electron chi connectivity index (χ0n) is 18.0. The van der Waals surface area contributed by atoms with E-state index in [-0.39, 0.29) is 35.0 Å². The molecule has 0 saturated carbocycles. The molecule has 0 fully saturated rings. The molecule has 36 heavy (non-hydrogen) atoms. The SMILES string of the molecule is CN(C(=O)c1cc(C(F)(F)F)cc(C(F)(F)F)c1)c1cnccc1-c1cccnc1OCC(F)(F)F. The van der Waals surface area contributed by atoms with E-state index >= 15 is 0 Å². The molecule has 0 spiro atoms. The van der Waals surface area contributed by atoms with Gasteiger partial charge in [0.15, 0.2) is 6.61 Å². The first kappa shape index (κ1) is 26.8. The lowest BCUT2D eigenvalue weighted by molar-refractivity contribution is -0.154. The van der Waals surface area contributed by atoms with Crippen LogP contribution in [0.2, 0.25) is 0 Å². The molecule has 14 heteroatoms. The van der Waals surface area contributed by atoms with Crippen molar-refractivity contribution in [2.75, 3.05) is 18.6 Å². The lowest BCUT2D eigenvalue weighted by atomic mass is 10.0. The Morgan fingerprint density at radius 3 is 2.06 bits per heavy atom. The normalized spacial score (nSPS) is 12.4. The summed E-state index contributed by atoms with van der Waals surface area (Å²) >= 11 is 0. The maximum absolute atomic E-state index is 13.2. The van der Waals surface area contributed by atoms with E-state index in [1.54, 1.807) is 0 Å². The number of ether oxygens (including phenoxy) is 1. The molecule has 2 heterocycles. The van der Waals surface area contributed by atoms with Crippen LogP contribution in [-0.4, -0.2) is 35.7 Å². The van der Waals surface area contributed by atoms with Crippen LogP contribution in [0.15, 0.2) is 55.0 Å². The van der Waals surface area contributed by atoms with Gasteiger partial charge < -0.3 is 9.64 Å². The molecular formula is C22H14F9N3O2. The molecule has 0 radical (unpaired) electrons. The van der Waals surface area contributed by atoms with Gasteiger partial charge in [0.2, 0.25) is 5.88 Å². The van der Waals surface area contributed by atoms with Crippen LogP contribution in [0, 0.1) is 0 Å². The summed E-state index contributed by atoms with van der Waals surface area (Å²) in [6, 6.07) is 4.35. The third-order valence-corrected chi connectivity index (χ3v) is 4.73. The minimum absolute atomic E-state index is 0.0289. The van der Waals surface area contributed by atoms with Gasteiger partial charge in [0.25, 0.3) is 5.91 Å². The van der Waals surface area contributed by atoms with Crippen LogP contribution < -0.4 is 9.64 Å². The average molecular weight is 523 g/mol. The Morgan fingerprint density at radius 2 is 1.50 bits per heavy atom. The smallest absolute Gasteiger partial charge is 0.422 e. The number of aromatic nitrogens is 2. The molecule has 0 atom stereocenters. The summed E-state index contributed by atoms with van der Waals surface area (Å²) in [6.45, 7) is -1.68. The molecule has 0 unspecified atom stereocenters. The zero-order valence-corrected chi connectivity index (χ0v) is 18.0. The van der Waals surface area contributed by atoms with E-state index in [1.807, 2.05) is 0 Å². The minimum Gasteiger partial charge on any atom is -0.468 e.